The molecule has 1 aliphatic rings. The Morgan fingerprint density at radius 1 is 1.06 bits per heavy atom. The molecule has 1 fully saturated rings. The monoisotopic (exact) mass is 246 g/mol. The highest BCUT2D eigenvalue weighted by Gasteiger charge is 2.37. The topological polar surface area (TPSA) is 37.3 Å². The number of rotatable bonds is 2. The molecule has 0 heterocycles. The van der Waals surface area contributed by atoms with Crippen LogP contribution in [0, 0.1) is 5.41 Å². The Balaban J connectivity index is 2.18. The lowest BCUT2D eigenvalue weighted by atomic mass is 9.69. The molecule has 98 valence electrons. The van der Waals surface area contributed by atoms with Crippen LogP contribution in [0.15, 0.2) is 24.3 Å². The second-order valence-electron chi connectivity index (χ2n) is 6.33. The van der Waals surface area contributed by atoms with Crippen molar-refractivity contribution in [2.75, 3.05) is 0 Å². The molecule has 1 aromatic carbocycles. The van der Waals surface area contributed by atoms with Crippen molar-refractivity contribution < 1.29 is 9.90 Å². The van der Waals surface area contributed by atoms with Crippen LogP contribution >= 0.6 is 0 Å². The molecule has 1 N–H and O–H groups in total. The molecule has 0 radical (unpaired) electrons. The van der Waals surface area contributed by atoms with E-state index in [1.165, 1.54) is 0 Å². The van der Waals surface area contributed by atoms with E-state index in [0.717, 1.165) is 31.2 Å². The summed E-state index contributed by atoms with van der Waals surface area (Å²) in [7, 11) is 0. The predicted octanol–water partition coefficient (Wildman–Crippen LogP) is 3.68. The summed E-state index contributed by atoms with van der Waals surface area (Å²) in [6, 6.07) is 7.43. The van der Waals surface area contributed by atoms with Gasteiger partial charge in [0.15, 0.2) is 5.78 Å². The van der Waals surface area contributed by atoms with E-state index < -0.39 is 5.60 Å². The van der Waals surface area contributed by atoms with Crippen molar-refractivity contribution in [2.24, 2.45) is 5.41 Å². The van der Waals surface area contributed by atoms with Gasteiger partial charge in [-0.05, 0) is 43.6 Å². The number of benzene rings is 1. The first-order chi connectivity index (χ1) is 8.32. The second kappa shape index (κ2) is 4.51. The molecule has 0 amide bonds. The maximum Gasteiger partial charge on any atom is 0.159 e. The maximum absolute atomic E-state index is 11.2. The van der Waals surface area contributed by atoms with E-state index in [0.29, 0.717) is 11.0 Å². The quantitative estimate of drug-likeness (QED) is 0.808. The van der Waals surface area contributed by atoms with Crippen molar-refractivity contribution in [3.8, 4) is 0 Å². The molecule has 2 rings (SSSR count). The lowest BCUT2D eigenvalue weighted by molar-refractivity contribution is -0.0305. The third-order valence-electron chi connectivity index (χ3n) is 4.26. The molecule has 1 aromatic rings. The summed E-state index contributed by atoms with van der Waals surface area (Å²) >= 11 is 0. The Morgan fingerprint density at radius 2 is 1.56 bits per heavy atom. The van der Waals surface area contributed by atoms with Crippen LogP contribution in [0.5, 0.6) is 0 Å². The summed E-state index contributed by atoms with van der Waals surface area (Å²) in [4.78, 5) is 11.2. The van der Waals surface area contributed by atoms with Gasteiger partial charge in [-0.3, -0.25) is 4.79 Å². The van der Waals surface area contributed by atoms with Gasteiger partial charge in [0.05, 0.1) is 5.60 Å². The molecule has 0 aromatic heterocycles. The standard InChI is InChI=1S/C16H22O2/c1-12(17)13-4-6-14(7-5-13)16(18)10-8-15(2,3)9-11-16/h4-7,18H,8-11H2,1-3H3. The summed E-state index contributed by atoms with van der Waals surface area (Å²) in [6.45, 7) is 6.07. The fraction of sp³-hybridized carbons (Fsp3) is 0.562. The third kappa shape index (κ3) is 2.64. The third-order valence-corrected chi connectivity index (χ3v) is 4.26. The van der Waals surface area contributed by atoms with Crippen molar-refractivity contribution in [1.29, 1.82) is 0 Å². The van der Waals surface area contributed by atoms with Crippen molar-refractivity contribution in [1.82, 2.24) is 0 Å². The van der Waals surface area contributed by atoms with Crippen LogP contribution in [0.25, 0.3) is 0 Å². The van der Waals surface area contributed by atoms with Crippen LogP contribution in [-0.4, -0.2) is 10.9 Å². The minimum Gasteiger partial charge on any atom is -0.385 e. The molecule has 2 nitrogen and oxygen atoms in total. The largest absolute Gasteiger partial charge is 0.385 e. The summed E-state index contributed by atoms with van der Waals surface area (Å²) in [5.41, 5.74) is 1.29. The van der Waals surface area contributed by atoms with Gasteiger partial charge in [0.25, 0.3) is 0 Å². The molecule has 0 aliphatic heterocycles. The molecule has 0 unspecified atom stereocenters. The van der Waals surface area contributed by atoms with Gasteiger partial charge in [0.1, 0.15) is 0 Å². The highest BCUT2D eigenvalue weighted by atomic mass is 16.3. The average molecular weight is 246 g/mol. The summed E-state index contributed by atoms with van der Waals surface area (Å²) in [5, 5.41) is 10.7. The molecule has 1 aliphatic carbocycles. The van der Waals surface area contributed by atoms with Gasteiger partial charge in [0.2, 0.25) is 0 Å². The minimum atomic E-state index is -0.704. The zero-order chi connectivity index (χ0) is 13.4. The molecule has 2 heteroatoms. The highest BCUT2D eigenvalue weighted by molar-refractivity contribution is 5.94. The molecule has 18 heavy (non-hydrogen) atoms. The molecule has 1 saturated carbocycles. The van der Waals surface area contributed by atoms with Crippen LogP contribution in [0.4, 0.5) is 0 Å². The fourth-order valence-electron chi connectivity index (χ4n) is 2.64. The molecule has 0 atom stereocenters. The van der Waals surface area contributed by atoms with Crippen molar-refractivity contribution in [2.45, 2.75) is 52.1 Å². The molecule has 0 spiro atoms. The van der Waals surface area contributed by atoms with E-state index in [1.807, 2.05) is 24.3 Å². The number of aliphatic hydroxyl groups is 1. The predicted molar refractivity (Wildman–Crippen MR) is 72.6 cm³/mol. The number of carbonyl (C=O) groups is 1. The van der Waals surface area contributed by atoms with Crippen molar-refractivity contribution in [3.05, 3.63) is 35.4 Å². The first kappa shape index (κ1) is 13.3. The molecular weight excluding hydrogens is 224 g/mol. The summed E-state index contributed by atoms with van der Waals surface area (Å²) in [6.07, 6.45) is 3.69. The maximum atomic E-state index is 11.2. The van der Waals surface area contributed by atoms with E-state index >= 15 is 0 Å². The van der Waals surface area contributed by atoms with Gasteiger partial charge in [-0.1, -0.05) is 38.1 Å². The zero-order valence-electron chi connectivity index (χ0n) is 11.5. The number of hydrogen-bond donors (Lipinski definition) is 1. The second-order valence-corrected chi connectivity index (χ2v) is 6.33. The Bertz CT molecular complexity index is 433. The Labute approximate surface area is 109 Å². The van der Waals surface area contributed by atoms with Crippen molar-refractivity contribution >= 4 is 5.78 Å². The van der Waals surface area contributed by atoms with E-state index in [4.69, 9.17) is 0 Å². The average Bonchev–Trinajstić information content (AvgIpc) is 2.34. The molecule has 0 bridgehead atoms. The normalized spacial score (nSPS) is 21.6. The number of carbonyl (C=O) groups excluding carboxylic acids is 1. The smallest absolute Gasteiger partial charge is 0.159 e. The van der Waals surface area contributed by atoms with Crippen molar-refractivity contribution in [3.63, 3.8) is 0 Å². The van der Waals surface area contributed by atoms with Gasteiger partial charge in [-0.2, -0.15) is 0 Å². The van der Waals surface area contributed by atoms with Gasteiger partial charge in [-0.25, -0.2) is 0 Å². The van der Waals surface area contributed by atoms with Gasteiger partial charge in [-0.15, -0.1) is 0 Å². The van der Waals surface area contributed by atoms with Crippen LogP contribution in [0.2, 0.25) is 0 Å². The molecular formula is C16H22O2. The van der Waals surface area contributed by atoms with E-state index in [2.05, 4.69) is 13.8 Å². The van der Waals surface area contributed by atoms with Gasteiger partial charge < -0.3 is 5.11 Å². The first-order valence-electron chi connectivity index (χ1n) is 6.66. The number of Topliss-reactive ketones (excluding diaryl/α,β-unsaturated/α-hetero) is 1. The van der Waals surface area contributed by atoms with Gasteiger partial charge in [0, 0.05) is 5.56 Å². The first-order valence-corrected chi connectivity index (χ1v) is 6.66. The van der Waals surface area contributed by atoms with Gasteiger partial charge >= 0.3 is 0 Å². The highest BCUT2D eigenvalue weighted by Crippen LogP contribution is 2.44. The number of ketones is 1. The lowest BCUT2D eigenvalue weighted by Gasteiger charge is -2.40. The van der Waals surface area contributed by atoms with Crippen LogP contribution in [0.3, 0.4) is 0 Å². The fourth-order valence-corrected chi connectivity index (χ4v) is 2.64. The SMILES string of the molecule is CC(=O)c1ccc(C2(O)CCC(C)(C)CC2)cc1. The van der Waals surface area contributed by atoms with Crippen LogP contribution in [0.1, 0.15) is 62.4 Å². The lowest BCUT2D eigenvalue weighted by Crippen LogP contribution is -2.34. The Morgan fingerprint density at radius 3 is 2.00 bits per heavy atom. The Kier molecular flexibility index (Phi) is 3.33. The minimum absolute atomic E-state index is 0.0679. The Hall–Kier alpha value is -1.15. The molecule has 0 saturated heterocycles. The van der Waals surface area contributed by atoms with Crippen LogP contribution < -0.4 is 0 Å². The van der Waals surface area contributed by atoms with E-state index in [9.17, 15) is 9.90 Å². The van der Waals surface area contributed by atoms with E-state index in [1.54, 1.807) is 6.92 Å². The van der Waals surface area contributed by atoms with E-state index in [-0.39, 0.29) is 5.78 Å². The number of hydrogen-bond acceptors (Lipinski definition) is 2. The van der Waals surface area contributed by atoms with Crippen LogP contribution in [-0.2, 0) is 5.60 Å². The zero-order valence-corrected chi connectivity index (χ0v) is 11.5. The summed E-state index contributed by atoms with van der Waals surface area (Å²) in [5.74, 6) is 0.0679. The summed E-state index contributed by atoms with van der Waals surface area (Å²) < 4.78 is 0.